The number of aliphatic hydroxyl groups excluding tert-OH is 1. The Morgan fingerprint density at radius 2 is 2.31 bits per heavy atom. The number of nitrogens with zero attached hydrogens (tertiary/aromatic N) is 1. The molecule has 0 aliphatic heterocycles. The number of H-pyrrole nitrogens is 1. The Hall–Kier alpha value is -0.870. The predicted octanol–water partition coefficient (Wildman–Crippen LogP) is 1.78. The van der Waals surface area contributed by atoms with Crippen molar-refractivity contribution in [1.82, 2.24) is 15.5 Å². The fourth-order valence-electron chi connectivity index (χ4n) is 1.60. The van der Waals surface area contributed by atoms with Gasteiger partial charge in [-0.3, -0.25) is 5.10 Å². The number of aliphatic hydroxyl groups is 1. The normalized spacial score (nSPS) is 17.1. The van der Waals surface area contributed by atoms with E-state index in [2.05, 4.69) is 36.3 Å². The first-order valence-electron chi connectivity index (χ1n) is 5.86. The minimum absolute atomic E-state index is 0.0358. The number of aromatic amines is 1. The summed E-state index contributed by atoms with van der Waals surface area (Å²) in [6.45, 7) is 9.36. The Morgan fingerprint density at radius 1 is 1.62 bits per heavy atom. The summed E-state index contributed by atoms with van der Waals surface area (Å²) >= 11 is 0. The van der Waals surface area contributed by atoms with E-state index < -0.39 is 0 Å². The number of rotatable bonds is 6. The van der Waals surface area contributed by atoms with Gasteiger partial charge in [-0.2, -0.15) is 5.10 Å². The molecule has 0 aromatic carbocycles. The van der Waals surface area contributed by atoms with Crippen LogP contribution in [-0.2, 0) is 0 Å². The number of aromatic nitrogens is 2. The van der Waals surface area contributed by atoms with Crippen LogP contribution in [0.5, 0.6) is 0 Å². The summed E-state index contributed by atoms with van der Waals surface area (Å²) in [5.74, 6) is 0. The van der Waals surface area contributed by atoms with Crippen molar-refractivity contribution in [2.24, 2.45) is 5.41 Å². The van der Waals surface area contributed by atoms with Crippen molar-refractivity contribution >= 4 is 0 Å². The first-order valence-corrected chi connectivity index (χ1v) is 5.86. The van der Waals surface area contributed by atoms with E-state index in [0.29, 0.717) is 0 Å². The Morgan fingerprint density at radius 3 is 2.75 bits per heavy atom. The lowest BCUT2D eigenvalue weighted by Crippen LogP contribution is -2.35. The van der Waals surface area contributed by atoms with Crippen LogP contribution in [0, 0.1) is 12.3 Å². The summed E-state index contributed by atoms with van der Waals surface area (Å²) in [6.07, 6.45) is 2.82. The molecule has 0 spiro atoms. The molecule has 0 aliphatic carbocycles. The lowest BCUT2D eigenvalue weighted by molar-refractivity contribution is 0.132. The highest BCUT2D eigenvalue weighted by atomic mass is 16.3. The Labute approximate surface area is 97.5 Å². The maximum Gasteiger partial charge on any atom is 0.0537 e. The zero-order chi connectivity index (χ0) is 12.2. The van der Waals surface area contributed by atoms with Gasteiger partial charge in [0.25, 0.3) is 0 Å². The van der Waals surface area contributed by atoms with Gasteiger partial charge in [-0.15, -0.1) is 0 Å². The summed E-state index contributed by atoms with van der Waals surface area (Å²) in [4.78, 5) is 0. The first kappa shape index (κ1) is 13.2. The van der Waals surface area contributed by atoms with Crippen molar-refractivity contribution in [3.05, 3.63) is 17.5 Å². The monoisotopic (exact) mass is 225 g/mol. The largest absolute Gasteiger partial charge is 0.396 e. The minimum atomic E-state index is -0.0358. The van der Waals surface area contributed by atoms with Gasteiger partial charge < -0.3 is 10.4 Å². The number of nitrogens with one attached hydrogen (secondary N) is 2. The van der Waals surface area contributed by atoms with Crippen LogP contribution in [0.15, 0.2) is 6.20 Å². The minimum Gasteiger partial charge on any atom is -0.396 e. The molecule has 4 heteroatoms. The van der Waals surface area contributed by atoms with Crippen LogP contribution in [0.2, 0.25) is 0 Å². The summed E-state index contributed by atoms with van der Waals surface area (Å²) in [6, 6.07) is 0.260. The van der Waals surface area contributed by atoms with Gasteiger partial charge in [0.2, 0.25) is 0 Å². The highest BCUT2D eigenvalue weighted by Gasteiger charge is 2.22. The first-order chi connectivity index (χ1) is 7.52. The summed E-state index contributed by atoms with van der Waals surface area (Å²) in [5.41, 5.74) is 2.25. The van der Waals surface area contributed by atoms with Gasteiger partial charge in [-0.1, -0.05) is 13.8 Å². The summed E-state index contributed by atoms with van der Waals surface area (Å²) in [5, 5.41) is 19.7. The average molecular weight is 225 g/mol. The molecule has 0 saturated carbocycles. The van der Waals surface area contributed by atoms with Crippen LogP contribution in [0.1, 0.15) is 44.5 Å². The van der Waals surface area contributed by atoms with Crippen LogP contribution >= 0.6 is 0 Å². The molecule has 2 unspecified atom stereocenters. The molecule has 1 heterocycles. The van der Waals surface area contributed by atoms with Gasteiger partial charge in [0.15, 0.2) is 0 Å². The lowest BCUT2D eigenvalue weighted by Gasteiger charge is -2.28. The Balaban J connectivity index is 2.53. The maximum absolute atomic E-state index is 9.32. The highest BCUT2D eigenvalue weighted by molar-refractivity contribution is 5.18. The van der Waals surface area contributed by atoms with Gasteiger partial charge in [0, 0.05) is 35.9 Å². The van der Waals surface area contributed by atoms with E-state index in [9.17, 15) is 5.11 Å². The van der Waals surface area contributed by atoms with E-state index in [4.69, 9.17) is 0 Å². The second-order valence-corrected chi connectivity index (χ2v) is 4.88. The van der Waals surface area contributed by atoms with Crippen molar-refractivity contribution in [3.63, 3.8) is 0 Å². The van der Waals surface area contributed by atoms with Crippen molar-refractivity contribution in [2.75, 3.05) is 13.2 Å². The molecule has 2 atom stereocenters. The van der Waals surface area contributed by atoms with E-state index in [-0.39, 0.29) is 18.1 Å². The highest BCUT2D eigenvalue weighted by Crippen LogP contribution is 2.21. The zero-order valence-electron chi connectivity index (χ0n) is 10.7. The maximum atomic E-state index is 9.32. The molecule has 1 rings (SSSR count). The van der Waals surface area contributed by atoms with Gasteiger partial charge in [-0.25, -0.2) is 0 Å². The SMILES string of the molecule is CCC(C)(CO)CNC(C)c1cn[nH]c1C. The smallest absolute Gasteiger partial charge is 0.0537 e. The molecule has 0 amide bonds. The Kier molecular flexibility index (Phi) is 4.50. The fourth-order valence-corrected chi connectivity index (χ4v) is 1.60. The van der Waals surface area contributed by atoms with Crippen LogP contribution in [-0.4, -0.2) is 28.5 Å². The topological polar surface area (TPSA) is 60.9 Å². The third-order valence-corrected chi connectivity index (χ3v) is 3.41. The summed E-state index contributed by atoms with van der Waals surface area (Å²) < 4.78 is 0. The third-order valence-electron chi connectivity index (χ3n) is 3.41. The molecule has 0 aliphatic rings. The van der Waals surface area contributed by atoms with E-state index in [1.807, 2.05) is 13.1 Å². The van der Waals surface area contributed by atoms with E-state index >= 15 is 0 Å². The molecule has 0 radical (unpaired) electrons. The molecule has 16 heavy (non-hydrogen) atoms. The van der Waals surface area contributed by atoms with Crippen molar-refractivity contribution < 1.29 is 5.11 Å². The number of hydrogen-bond acceptors (Lipinski definition) is 3. The average Bonchev–Trinajstić information content (AvgIpc) is 2.72. The van der Waals surface area contributed by atoms with Crippen LogP contribution in [0.3, 0.4) is 0 Å². The number of hydrogen-bond donors (Lipinski definition) is 3. The molecule has 92 valence electrons. The lowest BCUT2D eigenvalue weighted by atomic mass is 9.88. The zero-order valence-corrected chi connectivity index (χ0v) is 10.7. The van der Waals surface area contributed by atoms with Gasteiger partial charge >= 0.3 is 0 Å². The van der Waals surface area contributed by atoms with Crippen LogP contribution in [0.25, 0.3) is 0 Å². The molecule has 1 aromatic rings. The molecular weight excluding hydrogens is 202 g/mol. The second-order valence-electron chi connectivity index (χ2n) is 4.88. The standard InChI is InChI=1S/C12H23N3O/c1-5-12(4,8-16)7-13-9(2)11-6-14-15-10(11)3/h6,9,13,16H,5,7-8H2,1-4H3,(H,14,15). The quantitative estimate of drug-likeness (QED) is 0.691. The molecular formula is C12H23N3O. The van der Waals surface area contributed by atoms with E-state index in [1.165, 1.54) is 5.56 Å². The third kappa shape index (κ3) is 3.06. The molecule has 0 bridgehead atoms. The second kappa shape index (κ2) is 5.46. The van der Waals surface area contributed by atoms with Gasteiger partial charge in [0.05, 0.1) is 6.20 Å². The Bertz CT molecular complexity index is 318. The summed E-state index contributed by atoms with van der Waals surface area (Å²) in [7, 11) is 0. The van der Waals surface area contributed by atoms with Gasteiger partial charge in [-0.05, 0) is 20.3 Å². The van der Waals surface area contributed by atoms with Crippen molar-refractivity contribution in [1.29, 1.82) is 0 Å². The molecule has 3 N–H and O–H groups in total. The van der Waals surface area contributed by atoms with Crippen LogP contribution < -0.4 is 5.32 Å². The van der Waals surface area contributed by atoms with E-state index in [0.717, 1.165) is 18.7 Å². The molecule has 0 saturated heterocycles. The van der Waals surface area contributed by atoms with Gasteiger partial charge in [0.1, 0.15) is 0 Å². The molecule has 0 fully saturated rings. The fraction of sp³-hybridized carbons (Fsp3) is 0.750. The predicted molar refractivity (Wildman–Crippen MR) is 65.2 cm³/mol. The molecule has 4 nitrogen and oxygen atoms in total. The van der Waals surface area contributed by atoms with Crippen LogP contribution in [0.4, 0.5) is 0 Å². The molecule has 1 aromatic heterocycles. The number of aryl methyl sites for hydroxylation is 1. The van der Waals surface area contributed by atoms with E-state index in [1.54, 1.807) is 0 Å². The van der Waals surface area contributed by atoms with Crippen molar-refractivity contribution in [3.8, 4) is 0 Å². The van der Waals surface area contributed by atoms with Crippen molar-refractivity contribution in [2.45, 2.75) is 40.2 Å².